The van der Waals surface area contributed by atoms with Gasteiger partial charge in [0.05, 0.1) is 6.54 Å². The predicted octanol–water partition coefficient (Wildman–Crippen LogP) is 3.53. The van der Waals surface area contributed by atoms with Gasteiger partial charge in [-0.3, -0.25) is 4.79 Å². The lowest BCUT2D eigenvalue weighted by Gasteiger charge is -2.22. The van der Waals surface area contributed by atoms with E-state index in [1.165, 1.54) is 12.1 Å². The summed E-state index contributed by atoms with van der Waals surface area (Å²) in [7, 11) is 0. The lowest BCUT2D eigenvalue weighted by molar-refractivity contribution is 0.0999. The second-order valence-electron chi connectivity index (χ2n) is 4.28. The first-order valence-corrected chi connectivity index (χ1v) is 6.29. The summed E-state index contributed by atoms with van der Waals surface area (Å²) in [5.74, 6) is -0.459. The first-order valence-electron chi connectivity index (χ1n) is 6.29. The summed E-state index contributed by atoms with van der Waals surface area (Å²) in [6.45, 7) is 2.97. The molecule has 2 aromatic rings. The van der Waals surface area contributed by atoms with Crippen LogP contribution in [-0.2, 0) is 0 Å². The standard InChI is InChI=1S/C16H16FNO/c1-2-18(15-9-4-3-5-10-15)12-16(19)13-7-6-8-14(17)11-13/h3-11H,2,12H2,1H3. The molecule has 0 unspecified atom stereocenters. The van der Waals surface area contributed by atoms with Gasteiger partial charge in [-0.25, -0.2) is 4.39 Å². The Morgan fingerprint density at radius 2 is 1.84 bits per heavy atom. The van der Waals surface area contributed by atoms with Crippen LogP contribution in [0.5, 0.6) is 0 Å². The van der Waals surface area contributed by atoms with Crippen LogP contribution in [0.15, 0.2) is 54.6 Å². The van der Waals surface area contributed by atoms with E-state index in [9.17, 15) is 9.18 Å². The van der Waals surface area contributed by atoms with Gasteiger partial charge in [0.2, 0.25) is 0 Å². The van der Waals surface area contributed by atoms with Crippen molar-refractivity contribution in [3.05, 3.63) is 66.0 Å². The van der Waals surface area contributed by atoms with Crippen molar-refractivity contribution in [3.63, 3.8) is 0 Å². The van der Waals surface area contributed by atoms with E-state index in [0.29, 0.717) is 5.56 Å². The molecule has 3 heteroatoms. The lowest BCUT2D eigenvalue weighted by atomic mass is 10.1. The number of rotatable bonds is 5. The van der Waals surface area contributed by atoms with E-state index in [2.05, 4.69) is 0 Å². The van der Waals surface area contributed by atoms with Crippen molar-refractivity contribution in [2.45, 2.75) is 6.92 Å². The zero-order chi connectivity index (χ0) is 13.7. The van der Waals surface area contributed by atoms with Gasteiger partial charge in [0.25, 0.3) is 0 Å². The Balaban J connectivity index is 2.13. The molecule has 2 aromatic carbocycles. The summed E-state index contributed by atoms with van der Waals surface area (Å²) in [6.07, 6.45) is 0. The molecule has 0 aliphatic rings. The Morgan fingerprint density at radius 1 is 1.11 bits per heavy atom. The molecule has 98 valence electrons. The summed E-state index contributed by atoms with van der Waals surface area (Å²) in [4.78, 5) is 14.1. The summed E-state index contributed by atoms with van der Waals surface area (Å²) < 4.78 is 13.1. The van der Waals surface area contributed by atoms with Crippen LogP contribution >= 0.6 is 0 Å². The van der Waals surface area contributed by atoms with E-state index in [1.54, 1.807) is 12.1 Å². The fourth-order valence-electron chi connectivity index (χ4n) is 1.95. The molecule has 0 spiro atoms. The average molecular weight is 257 g/mol. The van der Waals surface area contributed by atoms with Gasteiger partial charge < -0.3 is 4.90 Å². The largest absolute Gasteiger partial charge is 0.364 e. The molecule has 19 heavy (non-hydrogen) atoms. The maximum absolute atomic E-state index is 13.1. The van der Waals surface area contributed by atoms with Gasteiger partial charge in [-0.2, -0.15) is 0 Å². The van der Waals surface area contributed by atoms with Crippen molar-refractivity contribution in [1.82, 2.24) is 0 Å². The number of benzene rings is 2. The summed E-state index contributed by atoms with van der Waals surface area (Å²) in [5.41, 5.74) is 1.41. The molecule has 0 fully saturated rings. The fourth-order valence-corrected chi connectivity index (χ4v) is 1.95. The minimum absolute atomic E-state index is 0.0785. The zero-order valence-corrected chi connectivity index (χ0v) is 10.8. The zero-order valence-electron chi connectivity index (χ0n) is 10.8. The number of ketones is 1. The Morgan fingerprint density at radius 3 is 2.47 bits per heavy atom. The molecule has 0 N–H and O–H groups in total. The third-order valence-electron chi connectivity index (χ3n) is 2.98. The SMILES string of the molecule is CCN(CC(=O)c1cccc(F)c1)c1ccccc1. The van der Waals surface area contributed by atoms with Gasteiger partial charge in [-0.05, 0) is 31.2 Å². The Labute approximate surface area is 112 Å². The molecular formula is C16H16FNO. The average Bonchev–Trinajstić information content (AvgIpc) is 2.45. The molecule has 2 nitrogen and oxygen atoms in total. The highest BCUT2D eigenvalue weighted by Gasteiger charge is 2.12. The van der Waals surface area contributed by atoms with E-state index < -0.39 is 0 Å². The smallest absolute Gasteiger partial charge is 0.182 e. The Bertz CT molecular complexity index is 554. The molecule has 0 atom stereocenters. The van der Waals surface area contributed by atoms with Crippen molar-refractivity contribution < 1.29 is 9.18 Å². The van der Waals surface area contributed by atoms with Crippen molar-refractivity contribution in [1.29, 1.82) is 0 Å². The van der Waals surface area contributed by atoms with Crippen LogP contribution in [0.25, 0.3) is 0 Å². The van der Waals surface area contributed by atoms with E-state index in [0.717, 1.165) is 12.2 Å². The number of hydrogen-bond donors (Lipinski definition) is 0. The second kappa shape index (κ2) is 6.14. The number of carbonyl (C=O) groups excluding carboxylic acids is 1. The number of nitrogens with zero attached hydrogens (tertiary/aromatic N) is 1. The number of likely N-dealkylation sites (N-methyl/N-ethyl adjacent to an activating group) is 1. The van der Waals surface area contributed by atoms with Gasteiger partial charge in [0.1, 0.15) is 5.82 Å². The number of Topliss-reactive ketones (excluding diaryl/α,β-unsaturated/α-hetero) is 1. The van der Waals surface area contributed by atoms with Gasteiger partial charge in [-0.15, -0.1) is 0 Å². The van der Waals surface area contributed by atoms with Gasteiger partial charge in [0.15, 0.2) is 5.78 Å². The molecule has 0 aromatic heterocycles. The van der Waals surface area contributed by atoms with Gasteiger partial charge in [0, 0.05) is 17.8 Å². The first kappa shape index (κ1) is 13.3. The van der Waals surface area contributed by atoms with Crippen molar-refractivity contribution in [2.24, 2.45) is 0 Å². The van der Waals surface area contributed by atoms with Crippen molar-refractivity contribution >= 4 is 11.5 Å². The summed E-state index contributed by atoms with van der Waals surface area (Å²) in [6, 6.07) is 15.5. The van der Waals surface area contributed by atoms with Crippen LogP contribution in [0.2, 0.25) is 0 Å². The van der Waals surface area contributed by atoms with E-state index >= 15 is 0 Å². The third-order valence-corrected chi connectivity index (χ3v) is 2.98. The van der Waals surface area contributed by atoms with Crippen LogP contribution in [0.3, 0.4) is 0 Å². The summed E-state index contributed by atoms with van der Waals surface area (Å²) in [5, 5.41) is 0. The first-order chi connectivity index (χ1) is 9.20. The summed E-state index contributed by atoms with van der Waals surface area (Å²) >= 11 is 0. The number of anilines is 1. The molecule has 0 bridgehead atoms. The van der Waals surface area contributed by atoms with E-state index in [-0.39, 0.29) is 18.1 Å². The van der Waals surface area contributed by atoms with Crippen molar-refractivity contribution in [2.75, 3.05) is 18.0 Å². The highest BCUT2D eigenvalue weighted by molar-refractivity contribution is 5.99. The third kappa shape index (κ3) is 3.41. The molecule has 0 saturated carbocycles. The fraction of sp³-hybridized carbons (Fsp3) is 0.188. The van der Waals surface area contributed by atoms with E-state index in [4.69, 9.17) is 0 Å². The van der Waals surface area contributed by atoms with Gasteiger partial charge in [-0.1, -0.05) is 30.3 Å². The molecule has 0 heterocycles. The monoisotopic (exact) mass is 257 g/mol. The number of hydrogen-bond acceptors (Lipinski definition) is 2. The van der Waals surface area contributed by atoms with E-state index in [1.807, 2.05) is 42.2 Å². The highest BCUT2D eigenvalue weighted by atomic mass is 19.1. The molecule has 0 aliphatic heterocycles. The molecule has 0 saturated heterocycles. The molecular weight excluding hydrogens is 241 g/mol. The Hall–Kier alpha value is -2.16. The molecule has 0 amide bonds. The van der Waals surface area contributed by atoms with Crippen LogP contribution in [0, 0.1) is 5.82 Å². The van der Waals surface area contributed by atoms with Crippen molar-refractivity contribution in [3.8, 4) is 0 Å². The maximum atomic E-state index is 13.1. The molecule has 0 aliphatic carbocycles. The van der Waals surface area contributed by atoms with Crippen LogP contribution in [0.4, 0.5) is 10.1 Å². The van der Waals surface area contributed by atoms with Crippen LogP contribution in [0.1, 0.15) is 17.3 Å². The maximum Gasteiger partial charge on any atom is 0.182 e. The molecule has 0 radical (unpaired) electrons. The quantitative estimate of drug-likeness (QED) is 0.764. The van der Waals surface area contributed by atoms with Crippen LogP contribution in [-0.4, -0.2) is 18.9 Å². The number of halogens is 1. The molecule has 2 rings (SSSR count). The topological polar surface area (TPSA) is 20.3 Å². The normalized spacial score (nSPS) is 10.2. The number of para-hydroxylation sites is 1. The predicted molar refractivity (Wildman–Crippen MR) is 75.1 cm³/mol. The van der Waals surface area contributed by atoms with Gasteiger partial charge >= 0.3 is 0 Å². The minimum Gasteiger partial charge on any atom is -0.364 e. The lowest BCUT2D eigenvalue weighted by Crippen LogP contribution is -2.29. The second-order valence-corrected chi connectivity index (χ2v) is 4.28. The van der Waals surface area contributed by atoms with Crippen LogP contribution < -0.4 is 4.90 Å². The Kier molecular flexibility index (Phi) is 4.29. The number of carbonyl (C=O) groups is 1. The minimum atomic E-state index is -0.381. The highest BCUT2D eigenvalue weighted by Crippen LogP contribution is 2.14.